The van der Waals surface area contributed by atoms with Gasteiger partial charge in [-0.05, 0) is 37.1 Å². The number of hydrogen-bond acceptors (Lipinski definition) is 5. The van der Waals surface area contributed by atoms with Gasteiger partial charge in [-0.3, -0.25) is 4.79 Å². The molecule has 2 aromatic rings. The van der Waals surface area contributed by atoms with Crippen LogP contribution < -0.4 is 14.8 Å². The third-order valence-electron chi connectivity index (χ3n) is 5.02. The normalized spacial score (nSPS) is 15.6. The Morgan fingerprint density at radius 3 is 2.43 bits per heavy atom. The molecule has 7 nitrogen and oxygen atoms in total. The Bertz CT molecular complexity index is 1040. The van der Waals surface area contributed by atoms with Gasteiger partial charge in [0.1, 0.15) is 16.4 Å². The van der Waals surface area contributed by atoms with Crippen LogP contribution in [-0.2, 0) is 14.8 Å². The van der Waals surface area contributed by atoms with Crippen LogP contribution in [0.15, 0.2) is 41.3 Å². The summed E-state index contributed by atoms with van der Waals surface area (Å²) in [6, 6.07) is 9.63. The van der Waals surface area contributed by atoms with E-state index in [9.17, 15) is 13.2 Å². The number of amides is 1. The van der Waals surface area contributed by atoms with Crippen LogP contribution in [0.4, 0.5) is 5.69 Å². The molecule has 0 unspecified atom stereocenters. The highest BCUT2D eigenvalue weighted by Crippen LogP contribution is 2.34. The molecular formula is C20H22Cl2N2O5S. The fraction of sp³-hybridized carbons (Fsp3) is 0.350. The number of rotatable bonds is 6. The first-order chi connectivity index (χ1) is 14.3. The third kappa shape index (κ3) is 4.67. The highest BCUT2D eigenvalue weighted by Gasteiger charge is 2.34. The minimum absolute atomic E-state index is 0.0398. The molecule has 1 saturated heterocycles. The Morgan fingerprint density at radius 1 is 1.10 bits per heavy atom. The van der Waals surface area contributed by atoms with Gasteiger partial charge in [-0.25, -0.2) is 8.42 Å². The van der Waals surface area contributed by atoms with Crippen LogP contribution in [0.3, 0.4) is 0 Å². The van der Waals surface area contributed by atoms with Gasteiger partial charge >= 0.3 is 0 Å². The van der Waals surface area contributed by atoms with E-state index in [0.717, 1.165) is 0 Å². The number of methoxy groups -OCH3 is 2. The van der Waals surface area contributed by atoms with E-state index in [1.165, 1.54) is 24.6 Å². The molecule has 0 atom stereocenters. The molecule has 0 aliphatic carbocycles. The average Bonchev–Trinajstić information content (AvgIpc) is 2.76. The molecule has 1 fully saturated rings. The largest absolute Gasteiger partial charge is 0.497 e. The standard InChI is InChI=1S/C20H22Cl2N2O5S/c1-28-14-6-7-17(29-2)18(12-14)30(26,27)24-10-8-13(9-11-24)20(25)23-16-5-3-4-15(21)19(16)22/h3-7,12-13H,8-11H2,1-2H3,(H,23,25). The zero-order valence-electron chi connectivity index (χ0n) is 16.5. The van der Waals surface area contributed by atoms with Crippen LogP contribution >= 0.6 is 23.2 Å². The summed E-state index contributed by atoms with van der Waals surface area (Å²) in [7, 11) is -0.918. The molecule has 2 aromatic carbocycles. The topological polar surface area (TPSA) is 84.9 Å². The van der Waals surface area contributed by atoms with Crippen molar-refractivity contribution in [2.75, 3.05) is 32.6 Å². The van der Waals surface area contributed by atoms with Crippen molar-refractivity contribution in [1.29, 1.82) is 0 Å². The third-order valence-corrected chi connectivity index (χ3v) is 7.76. The summed E-state index contributed by atoms with van der Waals surface area (Å²) < 4.78 is 38.0. The van der Waals surface area contributed by atoms with Gasteiger partial charge in [0.15, 0.2) is 0 Å². The summed E-state index contributed by atoms with van der Waals surface area (Å²) >= 11 is 12.1. The molecule has 0 bridgehead atoms. The first kappa shape index (κ1) is 22.7. The molecule has 1 heterocycles. The zero-order chi connectivity index (χ0) is 21.9. The molecule has 30 heavy (non-hydrogen) atoms. The fourth-order valence-corrected chi connectivity index (χ4v) is 5.31. The number of nitrogens with one attached hydrogen (secondary N) is 1. The van der Waals surface area contributed by atoms with E-state index in [1.807, 2.05) is 0 Å². The lowest BCUT2D eigenvalue weighted by Gasteiger charge is -2.31. The van der Waals surface area contributed by atoms with Crippen molar-refractivity contribution < 1.29 is 22.7 Å². The zero-order valence-corrected chi connectivity index (χ0v) is 18.9. The van der Waals surface area contributed by atoms with Gasteiger partial charge in [0.2, 0.25) is 15.9 Å². The Kier molecular flexibility index (Phi) is 7.13. The molecule has 1 aliphatic heterocycles. The van der Waals surface area contributed by atoms with Gasteiger partial charge in [-0.15, -0.1) is 0 Å². The Labute approximate surface area is 185 Å². The second-order valence-electron chi connectivity index (χ2n) is 6.79. The molecule has 162 valence electrons. The second kappa shape index (κ2) is 9.43. The number of sulfonamides is 1. The van der Waals surface area contributed by atoms with Crippen LogP contribution in [0.1, 0.15) is 12.8 Å². The van der Waals surface area contributed by atoms with Crippen molar-refractivity contribution in [3.63, 3.8) is 0 Å². The van der Waals surface area contributed by atoms with Crippen LogP contribution in [-0.4, -0.2) is 45.9 Å². The number of ether oxygens (including phenoxy) is 2. The van der Waals surface area contributed by atoms with Gasteiger partial charge in [0.25, 0.3) is 0 Å². The molecule has 1 amide bonds. The van der Waals surface area contributed by atoms with Crippen LogP contribution in [0.25, 0.3) is 0 Å². The number of benzene rings is 2. The van der Waals surface area contributed by atoms with Crippen molar-refractivity contribution in [3.8, 4) is 11.5 Å². The van der Waals surface area contributed by atoms with Crippen molar-refractivity contribution in [1.82, 2.24) is 4.31 Å². The van der Waals surface area contributed by atoms with Crippen molar-refractivity contribution in [2.24, 2.45) is 5.92 Å². The number of hydrogen-bond donors (Lipinski definition) is 1. The maximum absolute atomic E-state index is 13.1. The summed E-state index contributed by atoms with van der Waals surface area (Å²) in [5, 5.41) is 3.40. The molecule has 1 aliphatic rings. The molecule has 3 rings (SSSR count). The highest BCUT2D eigenvalue weighted by molar-refractivity contribution is 7.89. The number of nitrogens with zero attached hydrogens (tertiary/aromatic N) is 1. The maximum Gasteiger partial charge on any atom is 0.246 e. The molecular weight excluding hydrogens is 451 g/mol. The summed E-state index contributed by atoms with van der Waals surface area (Å²) in [4.78, 5) is 12.7. The average molecular weight is 473 g/mol. The molecule has 0 radical (unpaired) electrons. The van der Waals surface area contributed by atoms with E-state index < -0.39 is 10.0 Å². The van der Waals surface area contributed by atoms with E-state index >= 15 is 0 Å². The molecule has 0 aromatic heterocycles. The first-order valence-electron chi connectivity index (χ1n) is 9.25. The number of piperidine rings is 1. The quantitative estimate of drug-likeness (QED) is 0.685. The number of anilines is 1. The minimum atomic E-state index is -3.80. The van der Waals surface area contributed by atoms with Crippen molar-refractivity contribution in [3.05, 3.63) is 46.4 Å². The van der Waals surface area contributed by atoms with E-state index in [1.54, 1.807) is 30.3 Å². The number of carbonyl (C=O) groups excluding carboxylic acids is 1. The SMILES string of the molecule is COc1ccc(OC)c(S(=O)(=O)N2CCC(C(=O)Nc3cccc(Cl)c3Cl)CC2)c1. The van der Waals surface area contributed by atoms with Gasteiger partial charge in [-0.1, -0.05) is 29.3 Å². The van der Waals surface area contributed by atoms with E-state index in [2.05, 4.69) is 5.32 Å². The van der Waals surface area contributed by atoms with Gasteiger partial charge in [0, 0.05) is 25.1 Å². The first-order valence-corrected chi connectivity index (χ1v) is 11.4. The van der Waals surface area contributed by atoms with Crippen LogP contribution in [0.2, 0.25) is 10.0 Å². The Morgan fingerprint density at radius 2 is 1.80 bits per heavy atom. The van der Waals surface area contributed by atoms with Crippen LogP contribution in [0, 0.1) is 5.92 Å². The van der Waals surface area contributed by atoms with E-state index in [4.69, 9.17) is 32.7 Å². The number of halogens is 2. The highest BCUT2D eigenvalue weighted by atomic mass is 35.5. The van der Waals surface area contributed by atoms with Gasteiger partial charge < -0.3 is 14.8 Å². The summed E-state index contributed by atoms with van der Waals surface area (Å²) in [6.45, 7) is 0.425. The van der Waals surface area contributed by atoms with E-state index in [0.29, 0.717) is 29.3 Å². The molecule has 0 spiro atoms. The van der Waals surface area contributed by atoms with Gasteiger partial charge in [-0.2, -0.15) is 4.31 Å². The van der Waals surface area contributed by atoms with E-state index in [-0.39, 0.29) is 40.6 Å². The van der Waals surface area contributed by atoms with Crippen molar-refractivity contribution in [2.45, 2.75) is 17.7 Å². The lowest BCUT2D eigenvalue weighted by atomic mass is 9.97. The minimum Gasteiger partial charge on any atom is -0.497 e. The molecule has 10 heteroatoms. The summed E-state index contributed by atoms with van der Waals surface area (Å²) in [5.74, 6) is 0.113. The molecule has 1 N–H and O–H groups in total. The monoisotopic (exact) mass is 472 g/mol. The Balaban J connectivity index is 1.70. The fourth-order valence-electron chi connectivity index (χ4n) is 3.32. The van der Waals surface area contributed by atoms with Crippen molar-refractivity contribution >= 4 is 44.8 Å². The lowest BCUT2D eigenvalue weighted by Crippen LogP contribution is -2.41. The summed E-state index contributed by atoms with van der Waals surface area (Å²) in [5.41, 5.74) is 0.435. The molecule has 0 saturated carbocycles. The smallest absolute Gasteiger partial charge is 0.246 e. The predicted molar refractivity (Wildman–Crippen MR) is 116 cm³/mol. The second-order valence-corrected chi connectivity index (χ2v) is 9.48. The van der Waals surface area contributed by atoms with Gasteiger partial charge in [0.05, 0.1) is 30.0 Å². The number of carbonyl (C=O) groups is 1. The summed E-state index contributed by atoms with van der Waals surface area (Å²) in [6.07, 6.45) is 0.769. The predicted octanol–water partition coefficient (Wildman–Crippen LogP) is 4.05. The maximum atomic E-state index is 13.1. The lowest BCUT2D eigenvalue weighted by molar-refractivity contribution is -0.120. The Hall–Kier alpha value is -2.00. The van der Waals surface area contributed by atoms with Crippen LogP contribution in [0.5, 0.6) is 11.5 Å².